The summed E-state index contributed by atoms with van der Waals surface area (Å²) < 4.78 is 1.87. The van der Waals surface area contributed by atoms with Gasteiger partial charge in [0.25, 0.3) is 5.91 Å². The largest absolute Gasteiger partial charge is 0.345 e. The third-order valence-corrected chi connectivity index (χ3v) is 3.80. The third-order valence-electron chi connectivity index (χ3n) is 3.80. The van der Waals surface area contributed by atoms with Crippen LogP contribution in [0.3, 0.4) is 0 Å². The molecule has 7 heteroatoms. The molecule has 1 atom stereocenters. The molecule has 0 aliphatic carbocycles. The van der Waals surface area contributed by atoms with Crippen LogP contribution in [0.15, 0.2) is 43.0 Å². The highest BCUT2D eigenvalue weighted by Crippen LogP contribution is 2.20. The topological polar surface area (TPSA) is 88.5 Å². The highest BCUT2D eigenvalue weighted by atomic mass is 16.1. The zero-order valence-electron chi connectivity index (χ0n) is 13.9. The van der Waals surface area contributed by atoms with Gasteiger partial charge in [0, 0.05) is 24.0 Å². The second-order valence-corrected chi connectivity index (χ2v) is 5.92. The molecule has 124 valence electrons. The first-order chi connectivity index (χ1) is 11.6. The van der Waals surface area contributed by atoms with Crippen molar-refractivity contribution in [2.75, 3.05) is 0 Å². The van der Waals surface area contributed by atoms with Gasteiger partial charge in [0.05, 0.1) is 35.4 Å². The van der Waals surface area contributed by atoms with Gasteiger partial charge in [-0.1, -0.05) is 6.07 Å². The van der Waals surface area contributed by atoms with Gasteiger partial charge in [-0.15, -0.1) is 0 Å². The molecule has 24 heavy (non-hydrogen) atoms. The number of carbonyl (C=O) groups is 1. The van der Waals surface area contributed by atoms with Crippen LogP contribution in [0.5, 0.6) is 0 Å². The van der Waals surface area contributed by atoms with Crippen LogP contribution in [0.2, 0.25) is 0 Å². The second kappa shape index (κ2) is 6.66. The molecule has 0 saturated heterocycles. The van der Waals surface area contributed by atoms with Crippen molar-refractivity contribution in [2.24, 2.45) is 0 Å². The van der Waals surface area contributed by atoms with E-state index in [1.54, 1.807) is 12.4 Å². The average Bonchev–Trinajstić information content (AvgIpc) is 3.25. The van der Waals surface area contributed by atoms with Crippen molar-refractivity contribution in [1.82, 2.24) is 30.3 Å². The van der Waals surface area contributed by atoms with Crippen LogP contribution in [-0.4, -0.2) is 30.9 Å². The number of nitrogens with one attached hydrogen (secondary N) is 2. The summed E-state index contributed by atoms with van der Waals surface area (Å²) >= 11 is 0. The smallest absolute Gasteiger partial charge is 0.255 e. The maximum atomic E-state index is 12.6. The van der Waals surface area contributed by atoms with Gasteiger partial charge in [0.2, 0.25) is 0 Å². The van der Waals surface area contributed by atoms with E-state index < -0.39 is 0 Å². The van der Waals surface area contributed by atoms with Gasteiger partial charge >= 0.3 is 0 Å². The van der Waals surface area contributed by atoms with E-state index in [9.17, 15) is 4.79 Å². The molecule has 3 aromatic heterocycles. The Bertz CT molecular complexity index is 820. The van der Waals surface area contributed by atoms with Gasteiger partial charge in [0.1, 0.15) is 0 Å². The summed E-state index contributed by atoms with van der Waals surface area (Å²) in [7, 11) is 0. The Morgan fingerprint density at radius 3 is 2.75 bits per heavy atom. The SMILES string of the molecule is CC(NC(=O)c1cn[nH]c1-c1ccccn1)c1cnn(C(C)C)c1. The molecule has 0 aromatic carbocycles. The lowest BCUT2D eigenvalue weighted by molar-refractivity contribution is 0.0940. The standard InChI is InChI=1S/C17H20N6O/c1-11(2)23-10-13(8-20-23)12(3)21-17(24)14-9-19-22-16(14)15-6-4-5-7-18-15/h4-12H,1-3H3,(H,19,22)(H,21,24). The fourth-order valence-corrected chi connectivity index (χ4v) is 2.38. The van der Waals surface area contributed by atoms with Crippen molar-refractivity contribution in [3.8, 4) is 11.4 Å². The van der Waals surface area contributed by atoms with Gasteiger partial charge < -0.3 is 5.32 Å². The normalized spacial score (nSPS) is 12.3. The van der Waals surface area contributed by atoms with Crippen molar-refractivity contribution in [2.45, 2.75) is 32.9 Å². The summed E-state index contributed by atoms with van der Waals surface area (Å²) in [5, 5.41) is 14.1. The predicted octanol–water partition coefficient (Wildman–Crippen LogP) is 2.74. The molecule has 0 spiro atoms. The Labute approximate surface area is 140 Å². The lowest BCUT2D eigenvalue weighted by atomic mass is 10.1. The minimum Gasteiger partial charge on any atom is -0.345 e. The number of aromatic nitrogens is 5. The summed E-state index contributed by atoms with van der Waals surface area (Å²) in [5.41, 5.74) is 2.72. The number of amides is 1. The Morgan fingerprint density at radius 2 is 2.08 bits per heavy atom. The van der Waals surface area contributed by atoms with Crippen molar-refractivity contribution < 1.29 is 4.79 Å². The zero-order chi connectivity index (χ0) is 17.1. The van der Waals surface area contributed by atoms with Crippen LogP contribution < -0.4 is 5.32 Å². The maximum absolute atomic E-state index is 12.6. The van der Waals surface area contributed by atoms with Crippen LogP contribution in [0.1, 0.15) is 48.8 Å². The van der Waals surface area contributed by atoms with E-state index in [1.165, 1.54) is 6.20 Å². The Hall–Kier alpha value is -2.96. The number of aromatic amines is 1. The summed E-state index contributed by atoms with van der Waals surface area (Å²) in [5.74, 6) is -0.200. The van der Waals surface area contributed by atoms with Gasteiger partial charge in [-0.2, -0.15) is 10.2 Å². The number of carbonyl (C=O) groups excluding carboxylic acids is 1. The molecule has 1 unspecified atom stereocenters. The van der Waals surface area contributed by atoms with Crippen molar-refractivity contribution >= 4 is 5.91 Å². The highest BCUT2D eigenvalue weighted by Gasteiger charge is 2.19. The monoisotopic (exact) mass is 324 g/mol. The molecule has 3 heterocycles. The average molecular weight is 324 g/mol. The summed E-state index contributed by atoms with van der Waals surface area (Å²) in [6.07, 6.45) is 6.93. The zero-order valence-corrected chi connectivity index (χ0v) is 13.9. The molecule has 0 aliphatic rings. The van der Waals surface area contributed by atoms with Crippen molar-refractivity contribution in [1.29, 1.82) is 0 Å². The fourth-order valence-electron chi connectivity index (χ4n) is 2.38. The number of hydrogen-bond acceptors (Lipinski definition) is 4. The molecule has 1 amide bonds. The quantitative estimate of drug-likeness (QED) is 0.755. The van der Waals surface area contributed by atoms with Crippen LogP contribution in [0.25, 0.3) is 11.4 Å². The van der Waals surface area contributed by atoms with Crippen molar-refractivity contribution in [3.63, 3.8) is 0 Å². The van der Waals surface area contributed by atoms with Crippen LogP contribution in [0, 0.1) is 0 Å². The number of hydrogen-bond donors (Lipinski definition) is 2. The maximum Gasteiger partial charge on any atom is 0.255 e. The first-order valence-electron chi connectivity index (χ1n) is 7.86. The molecule has 3 aromatic rings. The predicted molar refractivity (Wildman–Crippen MR) is 90.3 cm³/mol. The van der Waals surface area contributed by atoms with Crippen molar-refractivity contribution in [3.05, 3.63) is 54.1 Å². The van der Waals surface area contributed by atoms with Gasteiger partial charge in [0.15, 0.2) is 0 Å². The molecule has 0 radical (unpaired) electrons. The van der Waals surface area contributed by atoms with Gasteiger partial charge in [-0.3, -0.25) is 19.6 Å². The van der Waals surface area contributed by atoms with Crippen LogP contribution >= 0.6 is 0 Å². The molecule has 2 N–H and O–H groups in total. The lowest BCUT2D eigenvalue weighted by Crippen LogP contribution is -2.26. The number of rotatable bonds is 5. The van der Waals surface area contributed by atoms with E-state index in [-0.39, 0.29) is 18.0 Å². The first-order valence-corrected chi connectivity index (χ1v) is 7.86. The van der Waals surface area contributed by atoms with E-state index in [0.29, 0.717) is 17.0 Å². The van der Waals surface area contributed by atoms with Gasteiger partial charge in [-0.25, -0.2) is 0 Å². The second-order valence-electron chi connectivity index (χ2n) is 5.92. The lowest BCUT2D eigenvalue weighted by Gasteiger charge is -2.12. The Morgan fingerprint density at radius 1 is 1.25 bits per heavy atom. The molecule has 3 rings (SSSR count). The third kappa shape index (κ3) is 3.19. The van der Waals surface area contributed by atoms with E-state index in [1.807, 2.05) is 36.0 Å². The number of nitrogens with zero attached hydrogens (tertiary/aromatic N) is 4. The molecule has 7 nitrogen and oxygen atoms in total. The van der Waals surface area contributed by atoms with E-state index in [2.05, 4.69) is 39.4 Å². The van der Waals surface area contributed by atoms with Crippen LogP contribution in [-0.2, 0) is 0 Å². The minimum absolute atomic E-state index is 0.156. The molecule has 0 bridgehead atoms. The number of H-pyrrole nitrogens is 1. The Kier molecular flexibility index (Phi) is 4.41. The van der Waals surface area contributed by atoms with Gasteiger partial charge in [-0.05, 0) is 32.9 Å². The molecular formula is C17H20N6O. The molecule has 0 fully saturated rings. The van der Waals surface area contributed by atoms with E-state index in [4.69, 9.17) is 0 Å². The fraction of sp³-hybridized carbons (Fsp3) is 0.294. The molecular weight excluding hydrogens is 304 g/mol. The minimum atomic E-state index is -0.200. The first kappa shape index (κ1) is 15.9. The summed E-state index contributed by atoms with van der Waals surface area (Å²) in [6.45, 7) is 6.05. The Balaban J connectivity index is 1.77. The molecule has 0 aliphatic heterocycles. The molecule has 0 saturated carbocycles. The summed E-state index contributed by atoms with van der Waals surface area (Å²) in [4.78, 5) is 16.9. The van der Waals surface area contributed by atoms with E-state index >= 15 is 0 Å². The number of pyridine rings is 1. The van der Waals surface area contributed by atoms with Crippen LogP contribution in [0.4, 0.5) is 0 Å². The summed E-state index contributed by atoms with van der Waals surface area (Å²) in [6, 6.07) is 5.66. The van der Waals surface area contributed by atoms with E-state index in [0.717, 1.165) is 5.56 Å². The highest BCUT2D eigenvalue weighted by molar-refractivity contribution is 5.99.